The molecule has 0 aromatic heterocycles. The smallest absolute Gasteiger partial charge is 0.0278 e. The van der Waals surface area contributed by atoms with Crippen LogP contribution < -0.4 is 0 Å². The molecule has 0 rings (SSSR count). The van der Waals surface area contributed by atoms with Crippen molar-refractivity contribution in [2.24, 2.45) is 0 Å². The van der Waals surface area contributed by atoms with Crippen LogP contribution in [0, 0.1) is 0 Å². The van der Waals surface area contributed by atoms with Gasteiger partial charge < -0.3 is 4.90 Å². The predicted molar refractivity (Wildman–Crippen MR) is 65.3 cm³/mol. The van der Waals surface area contributed by atoms with Crippen molar-refractivity contribution in [3.8, 4) is 0 Å². The minimum atomic E-state index is 0.676. The Balaban J connectivity index is 4.65. The highest BCUT2D eigenvalue weighted by Crippen LogP contribution is 2.16. The summed E-state index contributed by atoms with van der Waals surface area (Å²) in [6, 6.07) is 0.676. The number of nitrogens with zero attached hydrogens (tertiary/aromatic N) is 1. The Morgan fingerprint density at radius 3 is 2.07 bits per heavy atom. The summed E-state index contributed by atoms with van der Waals surface area (Å²) in [6.45, 7) is 10.9. The highest BCUT2D eigenvalue weighted by Gasteiger charge is 2.11. The summed E-state index contributed by atoms with van der Waals surface area (Å²) >= 11 is 0. The van der Waals surface area contributed by atoms with Crippen LogP contribution in [-0.4, -0.2) is 18.0 Å². The number of rotatable bonds is 5. The predicted octanol–water partition coefficient (Wildman–Crippen LogP) is 3.98. The van der Waals surface area contributed by atoms with Crippen molar-refractivity contribution in [1.29, 1.82) is 0 Å². The van der Waals surface area contributed by atoms with E-state index in [4.69, 9.17) is 0 Å². The standard InChI is InChI=1S/C13H25N/c1-7-10-11(4)12(5)14(6)13(8-2)9-3/h7,10,13H,8-9H2,1-6H3/b10-7-,12-11-. The molecule has 0 aliphatic rings. The van der Waals surface area contributed by atoms with E-state index in [0.29, 0.717) is 6.04 Å². The normalized spacial score (nSPS) is 13.6. The Kier molecular flexibility index (Phi) is 6.35. The Morgan fingerprint density at radius 1 is 1.21 bits per heavy atom. The molecule has 0 heterocycles. The van der Waals surface area contributed by atoms with Crippen molar-refractivity contribution < 1.29 is 0 Å². The minimum absolute atomic E-state index is 0.676. The lowest BCUT2D eigenvalue weighted by Crippen LogP contribution is -2.29. The molecule has 0 atom stereocenters. The molecule has 0 aliphatic carbocycles. The molecular formula is C13H25N. The molecule has 1 heteroatoms. The zero-order chi connectivity index (χ0) is 11.1. The van der Waals surface area contributed by atoms with Crippen LogP contribution in [0.15, 0.2) is 23.4 Å². The highest BCUT2D eigenvalue weighted by atomic mass is 15.1. The second kappa shape index (κ2) is 6.69. The zero-order valence-corrected chi connectivity index (χ0v) is 10.6. The molecule has 0 unspecified atom stereocenters. The molecule has 0 amide bonds. The van der Waals surface area contributed by atoms with E-state index in [1.54, 1.807) is 0 Å². The Bertz CT molecular complexity index is 209. The minimum Gasteiger partial charge on any atom is -0.375 e. The first-order chi connectivity index (χ1) is 6.58. The van der Waals surface area contributed by atoms with Gasteiger partial charge in [-0.15, -0.1) is 0 Å². The van der Waals surface area contributed by atoms with Crippen molar-refractivity contribution >= 4 is 0 Å². The van der Waals surface area contributed by atoms with Crippen LogP contribution in [0.4, 0.5) is 0 Å². The SMILES string of the molecule is C/C=C\C(C)=C(\C)N(C)C(CC)CC. The zero-order valence-electron chi connectivity index (χ0n) is 10.6. The largest absolute Gasteiger partial charge is 0.375 e. The molecule has 0 N–H and O–H groups in total. The Labute approximate surface area is 89.5 Å². The van der Waals surface area contributed by atoms with E-state index in [1.807, 2.05) is 0 Å². The van der Waals surface area contributed by atoms with Gasteiger partial charge in [-0.2, -0.15) is 0 Å². The van der Waals surface area contributed by atoms with Crippen LogP contribution in [0.5, 0.6) is 0 Å². The van der Waals surface area contributed by atoms with Crippen molar-refractivity contribution in [1.82, 2.24) is 4.90 Å². The third-order valence-electron chi connectivity index (χ3n) is 3.01. The first-order valence-electron chi connectivity index (χ1n) is 5.61. The Morgan fingerprint density at radius 2 is 1.71 bits per heavy atom. The molecule has 0 fully saturated rings. The van der Waals surface area contributed by atoms with Crippen LogP contribution in [0.3, 0.4) is 0 Å². The van der Waals surface area contributed by atoms with Gasteiger partial charge in [0.1, 0.15) is 0 Å². The van der Waals surface area contributed by atoms with Gasteiger partial charge in [0, 0.05) is 18.8 Å². The maximum Gasteiger partial charge on any atom is 0.0278 e. The van der Waals surface area contributed by atoms with E-state index in [0.717, 1.165) is 0 Å². The van der Waals surface area contributed by atoms with Gasteiger partial charge in [0.15, 0.2) is 0 Å². The van der Waals surface area contributed by atoms with E-state index < -0.39 is 0 Å². The van der Waals surface area contributed by atoms with Gasteiger partial charge in [0.05, 0.1) is 0 Å². The fourth-order valence-corrected chi connectivity index (χ4v) is 1.76. The molecule has 0 radical (unpaired) electrons. The monoisotopic (exact) mass is 195 g/mol. The van der Waals surface area contributed by atoms with Crippen molar-refractivity contribution in [3.05, 3.63) is 23.4 Å². The van der Waals surface area contributed by atoms with Crippen molar-refractivity contribution in [2.45, 2.75) is 53.5 Å². The van der Waals surface area contributed by atoms with Crippen LogP contribution in [-0.2, 0) is 0 Å². The van der Waals surface area contributed by atoms with E-state index in [2.05, 4.69) is 58.7 Å². The molecule has 0 aromatic carbocycles. The molecule has 0 aliphatic heterocycles. The summed E-state index contributed by atoms with van der Waals surface area (Å²) < 4.78 is 0. The topological polar surface area (TPSA) is 3.24 Å². The van der Waals surface area contributed by atoms with E-state index in [-0.39, 0.29) is 0 Å². The average molecular weight is 195 g/mol. The van der Waals surface area contributed by atoms with Gasteiger partial charge in [0.2, 0.25) is 0 Å². The van der Waals surface area contributed by atoms with Crippen LogP contribution in [0.2, 0.25) is 0 Å². The quantitative estimate of drug-likeness (QED) is 0.600. The molecule has 1 nitrogen and oxygen atoms in total. The van der Waals surface area contributed by atoms with Gasteiger partial charge in [-0.3, -0.25) is 0 Å². The van der Waals surface area contributed by atoms with Crippen molar-refractivity contribution in [3.63, 3.8) is 0 Å². The third kappa shape index (κ3) is 3.57. The summed E-state index contributed by atoms with van der Waals surface area (Å²) in [5, 5.41) is 0. The number of allylic oxidation sites excluding steroid dienone is 4. The lowest BCUT2D eigenvalue weighted by molar-refractivity contribution is 0.286. The second-order valence-electron chi connectivity index (χ2n) is 3.85. The lowest BCUT2D eigenvalue weighted by Gasteiger charge is -2.30. The Hall–Kier alpha value is -0.720. The molecule has 0 spiro atoms. The van der Waals surface area contributed by atoms with E-state index in [9.17, 15) is 0 Å². The first-order valence-corrected chi connectivity index (χ1v) is 5.61. The summed E-state index contributed by atoms with van der Waals surface area (Å²) in [5.74, 6) is 0. The van der Waals surface area contributed by atoms with Gasteiger partial charge in [-0.1, -0.05) is 26.0 Å². The maximum atomic E-state index is 2.40. The molecule has 0 aromatic rings. The highest BCUT2D eigenvalue weighted by molar-refractivity contribution is 5.21. The summed E-state index contributed by atoms with van der Waals surface area (Å²) in [7, 11) is 2.19. The molecule has 0 saturated carbocycles. The van der Waals surface area contributed by atoms with Crippen LogP contribution in [0.1, 0.15) is 47.5 Å². The first kappa shape index (κ1) is 13.3. The molecule has 14 heavy (non-hydrogen) atoms. The number of hydrogen-bond donors (Lipinski definition) is 0. The second-order valence-corrected chi connectivity index (χ2v) is 3.85. The molecule has 0 bridgehead atoms. The van der Waals surface area contributed by atoms with Gasteiger partial charge >= 0.3 is 0 Å². The molecular weight excluding hydrogens is 170 g/mol. The summed E-state index contributed by atoms with van der Waals surface area (Å²) in [4.78, 5) is 2.40. The molecule has 82 valence electrons. The van der Waals surface area contributed by atoms with Crippen LogP contribution in [0.25, 0.3) is 0 Å². The fraction of sp³-hybridized carbons (Fsp3) is 0.692. The van der Waals surface area contributed by atoms with E-state index in [1.165, 1.54) is 24.1 Å². The molecule has 0 saturated heterocycles. The third-order valence-corrected chi connectivity index (χ3v) is 3.01. The van der Waals surface area contributed by atoms with Gasteiger partial charge in [0.25, 0.3) is 0 Å². The average Bonchev–Trinajstić information content (AvgIpc) is 2.18. The van der Waals surface area contributed by atoms with Gasteiger partial charge in [-0.05, 0) is 39.2 Å². The van der Waals surface area contributed by atoms with Crippen molar-refractivity contribution in [2.75, 3.05) is 7.05 Å². The van der Waals surface area contributed by atoms with E-state index >= 15 is 0 Å². The number of hydrogen-bond acceptors (Lipinski definition) is 1. The lowest BCUT2D eigenvalue weighted by atomic mass is 10.1. The summed E-state index contributed by atoms with van der Waals surface area (Å²) in [6.07, 6.45) is 6.70. The van der Waals surface area contributed by atoms with Crippen LogP contribution >= 0.6 is 0 Å². The maximum absolute atomic E-state index is 2.40. The fourth-order valence-electron chi connectivity index (χ4n) is 1.76. The van der Waals surface area contributed by atoms with Gasteiger partial charge in [-0.25, -0.2) is 0 Å². The summed E-state index contributed by atoms with van der Waals surface area (Å²) in [5.41, 5.74) is 2.75.